The van der Waals surface area contributed by atoms with Crippen molar-refractivity contribution in [2.45, 2.75) is 57.9 Å². The highest BCUT2D eigenvalue weighted by Crippen LogP contribution is 2.20. The highest BCUT2D eigenvalue weighted by Gasteiger charge is 2.35. The van der Waals surface area contributed by atoms with Crippen LogP contribution in [0.3, 0.4) is 0 Å². The molecule has 1 aliphatic heterocycles. The average molecular weight is 273 g/mol. The van der Waals surface area contributed by atoms with Crippen LogP contribution in [-0.4, -0.2) is 27.4 Å². The third-order valence-electron chi connectivity index (χ3n) is 2.61. The lowest BCUT2D eigenvalue weighted by Crippen LogP contribution is -2.49. The number of hydrogen-bond acceptors (Lipinski definition) is 4. The Kier molecular flexibility index (Phi) is 5.25. The minimum atomic E-state index is -1.17. The Morgan fingerprint density at radius 3 is 2.50 bits per heavy atom. The van der Waals surface area contributed by atoms with Gasteiger partial charge in [-0.1, -0.05) is 13.8 Å². The van der Waals surface area contributed by atoms with Gasteiger partial charge in [0.15, 0.2) is 0 Å². The first-order chi connectivity index (χ1) is 8.20. The number of carbonyl (C=O) groups excluding carboxylic acids is 1. The molecule has 0 saturated carbocycles. The number of ether oxygens (including phenoxy) is 1. The second-order valence-electron chi connectivity index (χ2n) is 6.00. The van der Waals surface area contributed by atoms with Crippen molar-refractivity contribution in [1.29, 1.82) is 0 Å². The predicted molar refractivity (Wildman–Crippen MR) is 73.3 cm³/mol. The van der Waals surface area contributed by atoms with E-state index in [1.54, 1.807) is 6.08 Å². The topological polar surface area (TPSA) is 61.4 Å². The summed E-state index contributed by atoms with van der Waals surface area (Å²) in [5, 5.41) is 0. The third-order valence-corrected chi connectivity index (χ3v) is 4.24. The summed E-state index contributed by atoms with van der Waals surface area (Å²) >= 11 is -1.17. The fourth-order valence-corrected chi connectivity index (χ4v) is 2.53. The van der Waals surface area contributed by atoms with Crippen LogP contribution in [0.1, 0.15) is 41.0 Å². The quantitative estimate of drug-likeness (QED) is 0.614. The van der Waals surface area contributed by atoms with E-state index >= 15 is 0 Å². The van der Waals surface area contributed by atoms with Gasteiger partial charge >= 0.3 is 5.97 Å². The standard InChI is InChI=1S/C13H23NO3S/c1-9(2)8-10(11-6-7-12(15)17-11)14-18(16)13(3,4)5/h6-7,9-11,14H,8H2,1-5H3/t10-,11+,18?/m1/s1. The lowest BCUT2D eigenvalue weighted by Gasteiger charge is -2.30. The minimum Gasteiger partial charge on any atom is -0.598 e. The number of esters is 1. The van der Waals surface area contributed by atoms with E-state index in [1.807, 2.05) is 20.8 Å². The van der Waals surface area contributed by atoms with Gasteiger partial charge in [-0.25, -0.2) is 4.79 Å². The largest absolute Gasteiger partial charge is 0.598 e. The van der Waals surface area contributed by atoms with Crippen LogP contribution in [0.25, 0.3) is 0 Å². The van der Waals surface area contributed by atoms with Crippen LogP contribution in [0, 0.1) is 5.92 Å². The Labute approximate surface area is 112 Å². The van der Waals surface area contributed by atoms with Crippen molar-refractivity contribution in [3.8, 4) is 0 Å². The maximum atomic E-state index is 12.1. The zero-order valence-corrected chi connectivity index (χ0v) is 12.5. The normalized spacial score (nSPS) is 23.3. The molecule has 5 heteroatoms. The van der Waals surface area contributed by atoms with Gasteiger partial charge in [-0.3, -0.25) is 0 Å². The Bertz CT molecular complexity index is 323. The van der Waals surface area contributed by atoms with E-state index in [-0.39, 0.29) is 22.9 Å². The van der Waals surface area contributed by atoms with Gasteiger partial charge in [0.05, 0.1) is 6.04 Å². The molecule has 104 valence electrons. The molecule has 0 fully saturated rings. The molecule has 4 nitrogen and oxygen atoms in total. The molecule has 0 amide bonds. The van der Waals surface area contributed by atoms with E-state index in [0.29, 0.717) is 5.92 Å². The van der Waals surface area contributed by atoms with Gasteiger partial charge in [0, 0.05) is 17.4 Å². The number of nitrogens with one attached hydrogen (secondary N) is 1. The molecule has 0 aliphatic carbocycles. The molecule has 1 N–H and O–H groups in total. The zero-order chi connectivity index (χ0) is 13.9. The van der Waals surface area contributed by atoms with Gasteiger partial charge in [0.2, 0.25) is 0 Å². The second kappa shape index (κ2) is 6.08. The van der Waals surface area contributed by atoms with E-state index in [2.05, 4.69) is 18.6 Å². The lowest BCUT2D eigenvalue weighted by molar-refractivity contribution is -0.139. The van der Waals surface area contributed by atoms with Gasteiger partial charge < -0.3 is 9.29 Å². The molecule has 0 bridgehead atoms. The second-order valence-corrected chi connectivity index (χ2v) is 7.99. The Balaban J connectivity index is 2.67. The van der Waals surface area contributed by atoms with Gasteiger partial charge in [-0.05, 0) is 39.2 Å². The molecule has 18 heavy (non-hydrogen) atoms. The summed E-state index contributed by atoms with van der Waals surface area (Å²) < 4.78 is 20.1. The summed E-state index contributed by atoms with van der Waals surface area (Å²) in [5.74, 6) is 0.115. The number of carbonyl (C=O) groups is 1. The van der Waals surface area contributed by atoms with Gasteiger partial charge in [-0.15, -0.1) is 4.72 Å². The van der Waals surface area contributed by atoms with E-state index in [1.165, 1.54) is 6.08 Å². The van der Waals surface area contributed by atoms with Gasteiger partial charge in [-0.2, -0.15) is 0 Å². The monoisotopic (exact) mass is 273 g/mol. The van der Waals surface area contributed by atoms with Crippen LogP contribution in [0.15, 0.2) is 12.2 Å². The highest BCUT2D eigenvalue weighted by molar-refractivity contribution is 7.90. The SMILES string of the molecule is CC(C)C[C@@H](N[S+]([O-])C(C)(C)C)[C@@H]1C=CC(=O)O1. The summed E-state index contributed by atoms with van der Waals surface area (Å²) in [6.07, 6.45) is 3.66. The Morgan fingerprint density at radius 2 is 2.11 bits per heavy atom. The van der Waals surface area contributed by atoms with Crippen LogP contribution < -0.4 is 4.72 Å². The Morgan fingerprint density at radius 1 is 1.50 bits per heavy atom. The molecule has 1 aliphatic rings. The van der Waals surface area contributed by atoms with Crippen molar-refractivity contribution in [3.05, 3.63) is 12.2 Å². The van der Waals surface area contributed by atoms with Crippen LogP contribution >= 0.6 is 0 Å². The molecule has 0 spiro atoms. The lowest BCUT2D eigenvalue weighted by atomic mass is 10.0. The summed E-state index contributed by atoms with van der Waals surface area (Å²) in [5.41, 5.74) is 0. The zero-order valence-electron chi connectivity index (χ0n) is 11.7. The average Bonchev–Trinajstić information content (AvgIpc) is 2.61. The van der Waals surface area contributed by atoms with Crippen LogP contribution in [-0.2, 0) is 20.9 Å². The molecule has 1 heterocycles. The molecule has 0 saturated heterocycles. The minimum absolute atomic E-state index is 0.104. The number of rotatable bonds is 5. The van der Waals surface area contributed by atoms with Gasteiger partial charge in [0.25, 0.3) is 0 Å². The maximum Gasteiger partial charge on any atom is 0.331 e. The van der Waals surface area contributed by atoms with Crippen molar-refractivity contribution < 1.29 is 14.1 Å². The molecule has 0 aromatic rings. The first-order valence-corrected chi connectivity index (χ1v) is 7.42. The number of cyclic esters (lactones) is 1. The van der Waals surface area contributed by atoms with Crippen molar-refractivity contribution in [2.75, 3.05) is 0 Å². The predicted octanol–water partition coefficient (Wildman–Crippen LogP) is 1.93. The van der Waals surface area contributed by atoms with Crippen molar-refractivity contribution in [3.63, 3.8) is 0 Å². The van der Waals surface area contributed by atoms with Crippen molar-refractivity contribution in [2.24, 2.45) is 5.92 Å². The smallest absolute Gasteiger partial charge is 0.331 e. The van der Waals surface area contributed by atoms with E-state index in [9.17, 15) is 9.35 Å². The van der Waals surface area contributed by atoms with Crippen LogP contribution in [0.2, 0.25) is 0 Å². The summed E-state index contributed by atoms with van der Waals surface area (Å²) in [6, 6.07) is -0.104. The van der Waals surface area contributed by atoms with Gasteiger partial charge in [0.1, 0.15) is 10.9 Å². The third kappa shape index (κ3) is 4.63. The first-order valence-electron chi connectivity index (χ1n) is 6.27. The summed E-state index contributed by atoms with van der Waals surface area (Å²) in [4.78, 5) is 11.1. The molecule has 0 aromatic heterocycles. The highest BCUT2D eigenvalue weighted by atomic mass is 32.2. The van der Waals surface area contributed by atoms with Crippen LogP contribution in [0.4, 0.5) is 0 Å². The van der Waals surface area contributed by atoms with Crippen molar-refractivity contribution in [1.82, 2.24) is 4.72 Å². The summed E-state index contributed by atoms with van der Waals surface area (Å²) in [7, 11) is 0. The fraction of sp³-hybridized carbons (Fsp3) is 0.769. The van der Waals surface area contributed by atoms with E-state index in [4.69, 9.17) is 4.74 Å². The molecular weight excluding hydrogens is 250 g/mol. The number of hydrogen-bond donors (Lipinski definition) is 1. The first kappa shape index (κ1) is 15.5. The molecule has 1 unspecified atom stereocenters. The molecule has 0 aromatic carbocycles. The fourth-order valence-electron chi connectivity index (χ4n) is 1.67. The molecule has 1 rings (SSSR count). The molecule has 0 radical (unpaired) electrons. The Hall–Kier alpha value is -0.520. The molecule has 3 atom stereocenters. The maximum absolute atomic E-state index is 12.1. The van der Waals surface area contributed by atoms with E-state index in [0.717, 1.165) is 6.42 Å². The van der Waals surface area contributed by atoms with Crippen molar-refractivity contribution >= 4 is 17.3 Å². The molecular formula is C13H23NO3S. The summed E-state index contributed by atoms with van der Waals surface area (Å²) in [6.45, 7) is 9.93. The van der Waals surface area contributed by atoms with Crippen LogP contribution in [0.5, 0.6) is 0 Å². The van der Waals surface area contributed by atoms with E-state index < -0.39 is 11.4 Å².